The van der Waals surface area contributed by atoms with E-state index < -0.39 is 4.92 Å². The Morgan fingerprint density at radius 3 is 2.71 bits per heavy atom. The van der Waals surface area contributed by atoms with E-state index in [1.54, 1.807) is 12.1 Å². The molecule has 0 aliphatic carbocycles. The summed E-state index contributed by atoms with van der Waals surface area (Å²) in [7, 11) is 1.43. The standard InChI is InChI=1S/C21H24N4O3/c1-16-18(15-24(23-16)19-8-4-3-5-9-19)7-6-12-22-14-17-10-11-21(28-2)20(13-17)25(26)27/h3-5,8-11,13,15,22H,6-7,12,14H2,1-2H3. The summed E-state index contributed by atoms with van der Waals surface area (Å²) in [4.78, 5) is 10.7. The van der Waals surface area contributed by atoms with E-state index >= 15 is 0 Å². The third-order valence-electron chi connectivity index (χ3n) is 4.59. The molecule has 0 unspecified atom stereocenters. The molecule has 0 spiro atoms. The van der Waals surface area contributed by atoms with Crippen LogP contribution in [0.2, 0.25) is 0 Å². The Bertz CT molecular complexity index is 938. The molecule has 1 aromatic heterocycles. The van der Waals surface area contributed by atoms with Gasteiger partial charge in [0.1, 0.15) is 0 Å². The molecule has 1 N–H and O–H groups in total. The van der Waals surface area contributed by atoms with Crippen molar-refractivity contribution < 1.29 is 9.66 Å². The molecular weight excluding hydrogens is 356 g/mol. The van der Waals surface area contributed by atoms with Crippen molar-refractivity contribution in [2.45, 2.75) is 26.3 Å². The molecule has 0 saturated carbocycles. The molecule has 0 atom stereocenters. The summed E-state index contributed by atoms with van der Waals surface area (Å²) >= 11 is 0. The second kappa shape index (κ2) is 9.14. The van der Waals surface area contributed by atoms with Gasteiger partial charge in [0.15, 0.2) is 5.75 Å². The zero-order valence-electron chi connectivity index (χ0n) is 16.1. The van der Waals surface area contributed by atoms with Gasteiger partial charge >= 0.3 is 5.69 Å². The van der Waals surface area contributed by atoms with Crippen molar-refractivity contribution >= 4 is 5.69 Å². The number of para-hydroxylation sites is 1. The lowest BCUT2D eigenvalue weighted by atomic mass is 10.1. The summed E-state index contributed by atoms with van der Waals surface area (Å²) in [6.45, 7) is 3.42. The van der Waals surface area contributed by atoms with Crippen LogP contribution in [0.5, 0.6) is 5.75 Å². The van der Waals surface area contributed by atoms with Crippen molar-refractivity contribution in [3.05, 3.63) is 81.7 Å². The van der Waals surface area contributed by atoms with E-state index in [1.165, 1.54) is 12.7 Å². The van der Waals surface area contributed by atoms with Gasteiger partial charge < -0.3 is 10.1 Å². The van der Waals surface area contributed by atoms with Crippen LogP contribution < -0.4 is 10.1 Å². The fourth-order valence-electron chi connectivity index (χ4n) is 3.08. The lowest BCUT2D eigenvalue weighted by molar-refractivity contribution is -0.385. The quantitative estimate of drug-likeness (QED) is 0.347. The van der Waals surface area contributed by atoms with Crippen molar-refractivity contribution in [1.82, 2.24) is 15.1 Å². The lowest BCUT2D eigenvalue weighted by Crippen LogP contribution is -2.15. The van der Waals surface area contributed by atoms with Gasteiger partial charge in [-0.3, -0.25) is 10.1 Å². The molecule has 0 aliphatic heterocycles. The van der Waals surface area contributed by atoms with Crippen LogP contribution in [0.1, 0.15) is 23.2 Å². The van der Waals surface area contributed by atoms with Crippen LogP contribution in [0.15, 0.2) is 54.7 Å². The smallest absolute Gasteiger partial charge is 0.311 e. The topological polar surface area (TPSA) is 82.2 Å². The zero-order valence-corrected chi connectivity index (χ0v) is 16.1. The number of hydrogen-bond acceptors (Lipinski definition) is 5. The monoisotopic (exact) mass is 380 g/mol. The number of rotatable bonds is 9. The average Bonchev–Trinajstić information content (AvgIpc) is 3.09. The van der Waals surface area contributed by atoms with E-state index in [0.29, 0.717) is 6.54 Å². The van der Waals surface area contributed by atoms with Crippen LogP contribution in [0.3, 0.4) is 0 Å². The van der Waals surface area contributed by atoms with Crippen molar-refractivity contribution in [2.75, 3.05) is 13.7 Å². The van der Waals surface area contributed by atoms with Gasteiger partial charge in [-0.1, -0.05) is 24.3 Å². The van der Waals surface area contributed by atoms with Crippen molar-refractivity contribution in [1.29, 1.82) is 0 Å². The second-order valence-corrected chi connectivity index (χ2v) is 6.56. The molecule has 0 bridgehead atoms. The number of nitrogens with one attached hydrogen (secondary N) is 1. The first-order chi connectivity index (χ1) is 13.6. The summed E-state index contributed by atoms with van der Waals surface area (Å²) in [5.41, 5.74) is 4.17. The highest BCUT2D eigenvalue weighted by Gasteiger charge is 2.14. The Labute approximate surface area is 164 Å². The summed E-state index contributed by atoms with van der Waals surface area (Å²) in [5, 5.41) is 19.0. The number of aromatic nitrogens is 2. The van der Waals surface area contributed by atoms with Gasteiger partial charge in [0.25, 0.3) is 0 Å². The number of ether oxygens (including phenoxy) is 1. The Morgan fingerprint density at radius 2 is 2.00 bits per heavy atom. The lowest BCUT2D eigenvalue weighted by Gasteiger charge is -2.07. The number of hydrogen-bond donors (Lipinski definition) is 1. The molecule has 3 rings (SSSR count). The fraction of sp³-hybridized carbons (Fsp3) is 0.286. The largest absolute Gasteiger partial charge is 0.490 e. The maximum Gasteiger partial charge on any atom is 0.311 e. The van der Waals surface area contributed by atoms with Gasteiger partial charge in [-0.15, -0.1) is 0 Å². The van der Waals surface area contributed by atoms with Gasteiger partial charge in [-0.05, 0) is 55.6 Å². The minimum atomic E-state index is -0.421. The molecule has 7 nitrogen and oxygen atoms in total. The minimum absolute atomic E-state index is 0.00856. The van der Waals surface area contributed by atoms with Crippen molar-refractivity contribution in [3.63, 3.8) is 0 Å². The SMILES string of the molecule is COc1ccc(CNCCCc2cn(-c3ccccc3)nc2C)cc1[N+](=O)[O-]. The molecule has 0 amide bonds. The molecule has 3 aromatic rings. The van der Waals surface area contributed by atoms with E-state index in [9.17, 15) is 10.1 Å². The van der Waals surface area contributed by atoms with Crippen molar-refractivity contribution in [3.8, 4) is 11.4 Å². The summed E-state index contributed by atoms with van der Waals surface area (Å²) in [5.74, 6) is 0.277. The average molecular weight is 380 g/mol. The Morgan fingerprint density at radius 1 is 1.21 bits per heavy atom. The summed E-state index contributed by atoms with van der Waals surface area (Å²) in [6, 6.07) is 15.1. The highest BCUT2D eigenvalue weighted by atomic mass is 16.6. The maximum absolute atomic E-state index is 11.1. The van der Waals surface area contributed by atoms with Gasteiger partial charge in [0.2, 0.25) is 0 Å². The highest BCUT2D eigenvalue weighted by Crippen LogP contribution is 2.27. The number of nitro benzene ring substituents is 1. The number of aryl methyl sites for hydroxylation is 2. The van der Waals surface area contributed by atoms with E-state index in [2.05, 4.69) is 16.6 Å². The predicted molar refractivity (Wildman–Crippen MR) is 108 cm³/mol. The van der Waals surface area contributed by atoms with E-state index in [0.717, 1.165) is 36.3 Å². The van der Waals surface area contributed by atoms with Gasteiger partial charge in [0, 0.05) is 18.8 Å². The molecule has 0 aliphatic rings. The number of nitro groups is 1. The molecule has 0 radical (unpaired) electrons. The molecule has 146 valence electrons. The molecule has 28 heavy (non-hydrogen) atoms. The van der Waals surface area contributed by atoms with Gasteiger partial charge in [0.05, 0.1) is 23.4 Å². The van der Waals surface area contributed by atoms with Crippen LogP contribution in [0, 0.1) is 17.0 Å². The van der Waals surface area contributed by atoms with Crippen LogP contribution in [0.4, 0.5) is 5.69 Å². The van der Waals surface area contributed by atoms with Gasteiger partial charge in [-0.25, -0.2) is 4.68 Å². The normalized spacial score (nSPS) is 10.8. The van der Waals surface area contributed by atoms with E-state index in [-0.39, 0.29) is 11.4 Å². The third-order valence-corrected chi connectivity index (χ3v) is 4.59. The van der Waals surface area contributed by atoms with E-state index in [4.69, 9.17) is 4.74 Å². The first-order valence-electron chi connectivity index (χ1n) is 9.21. The minimum Gasteiger partial charge on any atom is -0.490 e. The molecule has 2 aromatic carbocycles. The number of methoxy groups -OCH3 is 1. The molecule has 0 fully saturated rings. The Balaban J connectivity index is 1.50. The zero-order chi connectivity index (χ0) is 19.9. The first kappa shape index (κ1) is 19.6. The summed E-state index contributed by atoms with van der Waals surface area (Å²) in [6.07, 6.45) is 3.96. The Hall–Kier alpha value is -3.19. The van der Waals surface area contributed by atoms with Crippen LogP contribution in [0.25, 0.3) is 5.69 Å². The second-order valence-electron chi connectivity index (χ2n) is 6.56. The molecule has 1 heterocycles. The van der Waals surface area contributed by atoms with Gasteiger partial charge in [-0.2, -0.15) is 5.10 Å². The van der Waals surface area contributed by atoms with Crippen molar-refractivity contribution in [2.24, 2.45) is 0 Å². The van der Waals surface area contributed by atoms with Crippen LogP contribution >= 0.6 is 0 Å². The molecule has 7 heteroatoms. The van der Waals surface area contributed by atoms with E-state index in [1.807, 2.05) is 48.0 Å². The predicted octanol–water partition coefficient (Wildman–Crippen LogP) is 3.82. The maximum atomic E-state index is 11.1. The van der Waals surface area contributed by atoms with Crippen LogP contribution in [-0.2, 0) is 13.0 Å². The highest BCUT2D eigenvalue weighted by molar-refractivity contribution is 5.48. The summed E-state index contributed by atoms with van der Waals surface area (Å²) < 4.78 is 6.94. The first-order valence-corrected chi connectivity index (χ1v) is 9.21. The number of nitrogens with zero attached hydrogens (tertiary/aromatic N) is 3. The fourth-order valence-corrected chi connectivity index (χ4v) is 3.08. The van der Waals surface area contributed by atoms with Crippen LogP contribution in [-0.4, -0.2) is 28.4 Å². The molecule has 0 saturated heterocycles. The number of benzene rings is 2. The molecular formula is C21H24N4O3. The Kier molecular flexibility index (Phi) is 6.39. The third kappa shape index (κ3) is 4.75.